The highest BCUT2D eigenvalue weighted by atomic mass is 16.1. The molecule has 1 amide bonds. The van der Waals surface area contributed by atoms with Gasteiger partial charge in [0.15, 0.2) is 0 Å². The number of carbonyl (C=O) groups is 1. The number of hydrogen-bond donors (Lipinski definition) is 1. The van der Waals surface area contributed by atoms with Crippen LogP contribution < -0.4 is 10.6 Å². The number of benzene rings is 1. The van der Waals surface area contributed by atoms with Gasteiger partial charge < -0.3 is 10.6 Å². The van der Waals surface area contributed by atoms with Gasteiger partial charge >= 0.3 is 0 Å². The van der Waals surface area contributed by atoms with E-state index in [1.54, 1.807) is 0 Å². The van der Waals surface area contributed by atoms with Gasteiger partial charge in [-0.2, -0.15) is 0 Å². The van der Waals surface area contributed by atoms with E-state index >= 15 is 0 Å². The summed E-state index contributed by atoms with van der Waals surface area (Å²) in [5.74, 6) is 1.04. The summed E-state index contributed by atoms with van der Waals surface area (Å²) in [4.78, 5) is 13.6. The minimum Gasteiger partial charge on any atom is -0.369 e. The smallest absolute Gasteiger partial charge is 0.246 e. The number of primary amides is 1. The van der Waals surface area contributed by atoms with Crippen molar-refractivity contribution in [3.8, 4) is 0 Å². The number of carbonyl (C=O) groups excluding carboxylic acids is 1. The molecule has 0 bridgehead atoms. The Morgan fingerprint density at radius 1 is 1.20 bits per heavy atom. The molecule has 25 heavy (non-hydrogen) atoms. The zero-order chi connectivity index (χ0) is 17.6. The molecule has 1 saturated heterocycles. The molecule has 2 atom stereocenters. The Morgan fingerprint density at radius 3 is 2.60 bits per heavy atom. The number of aromatic nitrogens is 4. The van der Waals surface area contributed by atoms with E-state index < -0.39 is 0 Å². The molecule has 2 fully saturated rings. The first-order valence-corrected chi connectivity index (χ1v) is 8.93. The molecule has 1 saturated carbocycles. The fraction of sp³-hybridized carbons (Fsp3) is 0.556. The van der Waals surface area contributed by atoms with Crippen molar-refractivity contribution in [1.29, 1.82) is 0 Å². The Hall–Kier alpha value is -2.44. The number of hydrogen-bond acceptors (Lipinski definition) is 5. The maximum atomic E-state index is 11.3. The monoisotopic (exact) mass is 340 g/mol. The topological polar surface area (TPSA) is 89.9 Å². The van der Waals surface area contributed by atoms with Gasteiger partial charge in [0, 0.05) is 24.4 Å². The Balaban J connectivity index is 1.50. The molecule has 132 valence electrons. The molecule has 4 rings (SSSR count). The predicted octanol–water partition coefficient (Wildman–Crippen LogP) is 1.80. The molecule has 1 aliphatic heterocycles. The van der Waals surface area contributed by atoms with E-state index in [2.05, 4.69) is 58.5 Å². The summed E-state index contributed by atoms with van der Waals surface area (Å²) in [7, 11) is 0. The van der Waals surface area contributed by atoms with Crippen molar-refractivity contribution in [2.24, 2.45) is 11.7 Å². The minimum absolute atomic E-state index is 0.0432. The fourth-order valence-corrected chi connectivity index (χ4v) is 4.02. The molecule has 7 nitrogen and oxygen atoms in total. The lowest BCUT2D eigenvalue weighted by Crippen LogP contribution is -2.39. The predicted molar refractivity (Wildman–Crippen MR) is 94.1 cm³/mol. The normalized spacial score (nSPS) is 28.8. The summed E-state index contributed by atoms with van der Waals surface area (Å²) >= 11 is 0. The molecular weight excluding hydrogens is 316 g/mol. The highest BCUT2D eigenvalue weighted by molar-refractivity contribution is 5.77. The number of rotatable bonds is 4. The van der Waals surface area contributed by atoms with Crippen LogP contribution in [-0.4, -0.2) is 38.7 Å². The summed E-state index contributed by atoms with van der Waals surface area (Å²) < 4.78 is 1.88. The fourth-order valence-electron chi connectivity index (χ4n) is 4.02. The number of amides is 1. The van der Waals surface area contributed by atoms with E-state index in [1.807, 2.05) is 4.68 Å². The maximum Gasteiger partial charge on any atom is 0.246 e. The molecule has 2 aromatic rings. The molecule has 2 N–H and O–H groups in total. The van der Waals surface area contributed by atoms with Gasteiger partial charge in [0.2, 0.25) is 11.9 Å². The van der Waals surface area contributed by atoms with Crippen molar-refractivity contribution >= 4 is 11.9 Å². The standard InChI is InChI=1S/C18H24N6O/c1-11-3-5-13(6-4-11)15-7-12(2)23(10-15)18-20-21-22-24(18)16-8-14(9-16)17(19)25/h3-6,12,14-16H,7-10H2,1-2H3,(H2,19,25). The van der Waals surface area contributed by atoms with Crippen molar-refractivity contribution in [1.82, 2.24) is 20.2 Å². The van der Waals surface area contributed by atoms with Crippen LogP contribution in [0.4, 0.5) is 5.95 Å². The summed E-state index contributed by atoms with van der Waals surface area (Å²) in [6.45, 7) is 5.25. The van der Waals surface area contributed by atoms with Gasteiger partial charge in [-0.25, -0.2) is 4.68 Å². The molecule has 7 heteroatoms. The van der Waals surface area contributed by atoms with Gasteiger partial charge in [0.05, 0.1) is 6.04 Å². The van der Waals surface area contributed by atoms with Crippen LogP contribution in [-0.2, 0) is 4.79 Å². The van der Waals surface area contributed by atoms with E-state index in [0.29, 0.717) is 12.0 Å². The van der Waals surface area contributed by atoms with Crippen LogP contribution in [0.5, 0.6) is 0 Å². The number of nitrogens with zero attached hydrogens (tertiary/aromatic N) is 5. The van der Waals surface area contributed by atoms with Crippen LogP contribution in [0.1, 0.15) is 49.3 Å². The van der Waals surface area contributed by atoms with E-state index in [0.717, 1.165) is 31.8 Å². The minimum atomic E-state index is -0.222. The van der Waals surface area contributed by atoms with Crippen LogP contribution >= 0.6 is 0 Å². The lowest BCUT2D eigenvalue weighted by molar-refractivity contribution is -0.125. The highest BCUT2D eigenvalue weighted by Gasteiger charge is 2.39. The maximum absolute atomic E-state index is 11.3. The van der Waals surface area contributed by atoms with Gasteiger partial charge in [-0.3, -0.25) is 4.79 Å². The number of aryl methyl sites for hydroxylation is 1. The Labute approximate surface area is 147 Å². The zero-order valence-corrected chi connectivity index (χ0v) is 14.7. The SMILES string of the molecule is Cc1ccc(C2CC(C)N(c3nnnn3C3CC(C(N)=O)C3)C2)cc1. The third-order valence-corrected chi connectivity index (χ3v) is 5.72. The average Bonchev–Trinajstić information content (AvgIpc) is 3.13. The van der Waals surface area contributed by atoms with E-state index in [1.165, 1.54) is 11.1 Å². The van der Waals surface area contributed by atoms with Crippen molar-refractivity contribution in [2.75, 3.05) is 11.4 Å². The molecule has 0 radical (unpaired) electrons. The lowest BCUT2D eigenvalue weighted by Gasteiger charge is -2.34. The molecule has 0 spiro atoms. The van der Waals surface area contributed by atoms with Gasteiger partial charge in [-0.1, -0.05) is 34.9 Å². The second kappa shape index (κ2) is 6.13. The number of tetrazole rings is 1. The van der Waals surface area contributed by atoms with E-state index in [9.17, 15) is 4.79 Å². The third kappa shape index (κ3) is 2.88. The quantitative estimate of drug-likeness (QED) is 0.916. The van der Waals surface area contributed by atoms with E-state index in [-0.39, 0.29) is 17.9 Å². The van der Waals surface area contributed by atoms with Gasteiger partial charge in [-0.05, 0) is 49.1 Å². The largest absolute Gasteiger partial charge is 0.369 e. The first-order chi connectivity index (χ1) is 12.0. The third-order valence-electron chi connectivity index (χ3n) is 5.72. The molecule has 2 unspecified atom stereocenters. The second-order valence-corrected chi connectivity index (χ2v) is 7.49. The summed E-state index contributed by atoms with van der Waals surface area (Å²) in [6.07, 6.45) is 2.55. The highest BCUT2D eigenvalue weighted by Crippen LogP contribution is 2.40. The Bertz CT molecular complexity index is 764. The first-order valence-electron chi connectivity index (χ1n) is 8.93. The van der Waals surface area contributed by atoms with Gasteiger partial charge in [0.25, 0.3) is 0 Å². The van der Waals surface area contributed by atoms with Crippen LogP contribution in [0.2, 0.25) is 0 Å². The molecule has 1 aromatic carbocycles. The molecule has 1 aromatic heterocycles. The summed E-state index contributed by atoms with van der Waals surface area (Å²) in [6, 6.07) is 9.34. The number of nitrogens with two attached hydrogens (primary N) is 1. The van der Waals surface area contributed by atoms with Crippen LogP contribution in [0.3, 0.4) is 0 Å². The van der Waals surface area contributed by atoms with E-state index in [4.69, 9.17) is 5.73 Å². The van der Waals surface area contributed by atoms with Crippen molar-refractivity contribution in [3.63, 3.8) is 0 Å². The summed E-state index contributed by atoms with van der Waals surface area (Å²) in [5, 5.41) is 12.3. The van der Waals surface area contributed by atoms with Crippen LogP contribution in [0, 0.1) is 12.8 Å². The van der Waals surface area contributed by atoms with Crippen molar-refractivity contribution in [2.45, 2.75) is 51.1 Å². The Kier molecular flexibility index (Phi) is 3.94. The molecule has 2 aliphatic rings. The van der Waals surface area contributed by atoms with Crippen LogP contribution in [0.15, 0.2) is 24.3 Å². The second-order valence-electron chi connectivity index (χ2n) is 7.49. The average molecular weight is 340 g/mol. The van der Waals surface area contributed by atoms with Crippen molar-refractivity contribution < 1.29 is 4.79 Å². The van der Waals surface area contributed by atoms with Crippen molar-refractivity contribution in [3.05, 3.63) is 35.4 Å². The Morgan fingerprint density at radius 2 is 1.92 bits per heavy atom. The zero-order valence-electron chi connectivity index (χ0n) is 14.7. The molecule has 2 heterocycles. The molecular formula is C18H24N6O. The van der Waals surface area contributed by atoms with Crippen LogP contribution in [0.25, 0.3) is 0 Å². The number of anilines is 1. The lowest BCUT2D eigenvalue weighted by atomic mass is 9.80. The van der Waals surface area contributed by atoms with Gasteiger partial charge in [0.1, 0.15) is 0 Å². The summed E-state index contributed by atoms with van der Waals surface area (Å²) in [5.41, 5.74) is 8.03. The van der Waals surface area contributed by atoms with Gasteiger partial charge in [-0.15, -0.1) is 0 Å². The first kappa shape index (κ1) is 16.1. The molecule has 1 aliphatic carbocycles.